The molecule has 3 rings (SSSR count). The number of benzene rings is 1. The highest BCUT2D eigenvalue weighted by Gasteiger charge is 2.26. The predicted molar refractivity (Wildman–Crippen MR) is 127 cm³/mol. The zero-order valence-corrected chi connectivity index (χ0v) is 20.1. The Kier molecular flexibility index (Phi) is 7.34. The molecule has 0 saturated carbocycles. The van der Waals surface area contributed by atoms with Gasteiger partial charge in [-0.05, 0) is 37.2 Å². The summed E-state index contributed by atoms with van der Waals surface area (Å²) in [6.07, 6.45) is 2.54. The Morgan fingerprint density at radius 3 is 2.29 bits per heavy atom. The number of aryl methyl sites for hydroxylation is 2. The number of nitrogens with zero attached hydrogens (tertiary/aromatic N) is 4. The van der Waals surface area contributed by atoms with E-state index in [0.29, 0.717) is 12.3 Å². The van der Waals surface area contributed by atoms with Crippen molar-refractivity contribution in [2.45, 2.75) is 60.8 Å². The van der Waals surface area contributed by atoms with Crippen LogP contribution in [0.15, 0.2) is 30.3 Å². The summed E-state index contributed by atoms with van der Waals surface area (Å²) in [6, 6.07) is 10.5. The lowest BCUT2D eigenvalue weighted by Gasteiger charge is -2.37. The van der Waals surface area contributed by atoms with Crippen molar-refractivity contribution in [3.8, 4) is 0 Å². The fourth-order valence-electron chi connectivity index (χ4n) is 4.70. The molecule has 1 aromatic carbocycles. The zero-order valence-electron chi connectivity index (χ0n) is 20.1. The molecule has 31 heavy (non-hydrogen) atoms. The molecular weight excluding hydrogens is 384 g/mol. The van der Waals surface area contributed by atoms with Crippen molar-refractivity contribution in [3.63, 3.8) is 0 Å². The van der Waals surface area contributed by atoms with E-state index < -0.39 is 0 Å². The van der Waals surface area contributed by atoms with E-state index in [0.717, 1.165) is 56.4 Å². The van der Waals surface area contributed by atoms with Crippen molar-refractivity contribution in [2.24, 2.45) is 11.3 Å². The number of carbonyl (C=O) groups excluding carboxylic acids is 1. The van der Waals surface area contributed by atoms with E-state index in [4.69, 9.17) is 4.98 Å². The summed E-state index contributed by atoms with van der Waals surface area (Å²) in [5.74, 6) is 2.53. The van der Waals surface area contributed by atoms with Crippen molar-refractivity contribution in [1.82, 2.24) is 14.9 Å². The van der Waals surface area contributed by atoms with Gasteiger partial charge in [-0.3, -0.25) is 4.79 Å². The van der Waals surface area contributed by atoms with Crippen molar-refractivity contribution in [3.05, 3.63) is 53.0 Å². The summed E-state index contributed by atoms with van der Waals surface area (Å²) in [7, 11) is 0. The number of carbonyl (C=O) groups is 1. The Hall–Kier alpha value is -2.43. The van der Waals surface area contributed by atoms with Gasteiger partial charge in [-0.15, -0.1) is 0 Å². The monoisotopic (exact) mass is 422 g/mol. The van der Waals surface area contributed by atoms with Crippen molar-refractivity contribution in [2.75, 3.05) is 31.1 Å². The van der Waals surface area contributed by atoms with Crippen molar-refractivity contribution in [1.29, 1.82) is 0 Å². The summed E-state index contributed by atoms with van der Waals surface area (Å²) in [4.78, 5) is 26.7. The van der Waals surface area contributed by atoms with E-state index in [1.165, 1.54) is 11.1 Å². The van der Waals surface area contributed by atoms with Crippen molar-refractivity contribution < 1.29 is 4.79 Å². The molecule has 168 valence electrons. The van der Waals surface area contributed by atoms with E-state index >= 15 is 0 Å². The lowest BCUT2D eigenvalue weighted by atomic mass is 9.84. The molecule has 0 bridgehead atoms. The minimum Gasteiger partial charge on any atom is -0.353 e. The van der Waals surface area contributed by atoms with Crippen LogP contribution < -0.4 is 4.90 Å². The van der Waals surface area contributed by atoms with Gasteiger partial charge in [0, 0.05) is 50.3 Å². The second-order valence-corrected chi connectivity index (χ2v) is 10.3. The van der Waals surface area contributed by atoms with Crippen LogP contribution in [-0.2, 0) is 11.2 Å². The molecule has 5 nitrogen and oxygen atoms in total. The smallest absolute Gasteiger partial charge is 0.222 e. The minimum absolute atomic E-state index is 0.260. The molecule has 2 aromatic rings. The highest BCUT2D eigenvalue weighted by atomic mass is 16.2. The molecule has 1 atom stereocenters. The third-order valence-corrected chi connectivity index (χ3v) is 5.94. The van der Waals surface area contributed by atoms with Crippen LogP contribution in [0.5, 0.6) is 0 Å². The normalized spacial score (nSPS) is 15.8. The van der Waals surface area contributed by atoms with E-state index in [-0.39, 0.29) is 11.3 Å². The predicted octanol–water partition coefficient (Wildman–Crippen LogP) is 4.80. The molecule has 1 fully saturated rings. The number of piperazine rings is 1. The molecule has 1 aromatic heterocycles. The Labute approximate surface area is 187 Å². The molecule has 0 radical (unpaired) electrons. The molecule has 5 heteroatoms. The number of hydrogen-bond donors (Lipinski definition) is 0. The summed E-state index contributed by atoms with van der Waals surface area (Å²) >= 11 is 0. The second kappa shape index (κ2) is 9.80. The summed E-state index contributed by atoms with van der Waals surface area (Å²) in [5.41, 5.74) is 3.76. The average molecular weight is 423 g/mol. The number of aromatic nitrogens is 2. The third-order valence-electron chi connectivity index (χ3n) is 5.94. The van der Waals surface area contributed by atoms with Crippen LogP contribution >= 0.6 is 0 Å². The van der Waals surface area contributed by atoms with Crippen LogP contribution in [0.25, 0.3) is 0 Å². The van der Waals surface area contributed by atoms with Crippen LogP contribution in [0, 0.1) is 25.2 Å². The molecule has 1 amide bonds. The lowest BCUT2D eigenvalue weighted by molar-refractivity contribution is -0.132. The number of rotatable bonds is 6. The standard InChI is InChI=1S/C26H38N4O/c1-19(18-26(4,5)6)16-24(31)29-12-14-30(15-13-29)25-23(20(2)27-21(3)28-25)17-22-10-8-7-9-11-22/h7-11,19H,12-18H2,1-6H3. The summed E-state index contributed by atoms with van der Waals surface area (Å²) in [6.45, 7) is 16.1. The molecule has 0 spiro atoms. The third kappa shape index (κ3) is 6.52. The molecular formula is C26H38N4O. The first kappa shape index (κ1) is 23.2. The van der Waals surface area contributed by atoms with Gasteiger partial charge in [0.2, 0.25) is 5.91 Å². The molecule has 1 aliphatic heterocycles. The largest absolute Gasteiger partial charge is 0.353 e. The Balaban J connectivity index is 1.67. The van der Waals surface area contributed by atoms with Gasteiger partial charge in [0.15, 0.2) is 0 Å². The van der Waals surface area contributed by atoms with Crippen molar-refractivity contribution >= 4 is 11.7 Å². The maximum absolute atomic E-state index is 12.8. The van der Waals surface area contributed by atoms with Crippen LogP contribution in [0.4, 0.5) is 5.82 Å². The summed E-state index contributed by atoms with van der Waals surface area (Å²) < 4.78 is 0. The van der Waals surface area contributed by atoms with E-state index in [2.05, 4.69) is 68.8 Å². The maximum atomic E-state index is 12.8. The van der Waals surface area contributed by atoms with Crippen LogP contribution in [0.1, 0.15) is 63.2 Å². The van der Waals surface area contributed by atoms with E-state index in [1.807, 2.05) is 17.9 Å². The molecule has 1 unspecified atom stereocenters. The first-order valence-corrected chi connectivity index (χ1v) is 11.5. The highest BCUT2D eigenvalue weighted by Crippen LogP contribution is 2.28. The van der Waals surface area contributed by atoms with Gasteiger partial charge < -0.3 is 9.80 Å². The minimum atomic E-state index is 0.260. The first-order chi connectivity index (χ1) is 14.6. The number of anilines is 1. The van der Waals surface area contributed by atoms with Crippen LogP contribution in [0.3, 0.4) is 0 Å². The van der Waals surface area contributed by atoms with Gasteiger partial charge in [-0.25, -0.2) is 9.97 Å². The highest BCUT2D eigenvalue weighted by molar-refractivity contribution is 5.76. The lowest BCUT2D eigenvalue weighted by Crippen LogP contribution is -2.49. The first-order valence-electron chi connectivity index (χ1n) is 11.5. The molecule has 2 heterocycles. The van der Waals surface area contributed by atoms with Gasteiger partial charge in [0.05, 0.1) is 0 Å². The fourth-order valence-corrected chi connectivity index (χ4v) is 4.70. The number of amides is 1. The van der Waals surface area contributed by atoms with Gasteiger partial charge in [-0.1, -0.05) is 58.0 Å². The zero-order chi connectivity index (χ0) is 22.6. The molecule has 1 aliphatic rings. The fraction of sp³-hybridized carbons (Fsp3) is 0.577. The topological polar surface area (TPSA) is 49.3 Å². The number of hydrogen-bond acceptors (Lipinski definition) is 4. The Morgan fingerprint density at radius 2 is 1.68 bits per heavy atom. The molecule has 0 N–H and O–H groups in total. The van der Waals surface area contributed by atoms with Gasteiger partial charge in [0.25, 0.3) is 0 Å². The van der Waals surface area contributed by atoms with Crippen LogP contribution in [-0.4, -0.2) is 47.0 Å². The second-order valence-electron chi connectivity index (χ2n) is 10.3. The Bertz CT molecular complexity index is 880. The quantitative estimate of drug-likeness (QED) is 0.671. The van der Waals surface area contributed by atoms with Gasteiger partial charge in [-0.2, -0.15) is 0 Å². The maximum Gasteiger partial charge on any atom is 0.222 e. The van der Waals surface area contributed by atoms with Gasteiger partial charge >= 0.3 is 0 Å². The molecule has 1 saturated heterocycles. The Morgan fingerprint density at radius 1 is 1.03 bits per heavy atom. The SMILES string of the molecule is Cc1nc(C)c(Cc2ccccc2)c(N2CCN(C(=O)CC(C)CC(C)(C)C)CC2)n1. The molecule has 0 aliphatic carbocycles. The van der Waals surface area contributed by atoms with E-state index in [9.17, 15) is 4.79 Å². The summed E-state index contributed by atoms with van der Waals surface area (Å²) in [5, 5.41) is 0. The average Bonchev–Trinajstić information content (AvgIpc) is 2.69. The van der Waals surface area contributed by atoms with Gasteiger partial charge in [0.1, 0.15) is 11.6 Å². The van der Waals surface area contributed by atoms with E-state index in [1.54, 1.807) is 0 Å². The van der Waals surface area contributed by atoms with Crippen LogP contribution in [0.2, 0.25) is 0 Å².